The van der Waals surface area contributed by atoms with Gasteiger partial charge in [-0.2, -0.15) is 0 Å². The molecule has 1 fully saturated rings. The third-order valence-electron chi connectivity index (χ3n) is 5.60. The van der Waals surface area contributed by atoms with E-state index in [1.54, 1.807) is 29.2 Å². The van der Waals surface area contributed by atoms with Crippen LogP contribution in [0.3, 0.4) is 0 Å². The van der Waals surface area contributed by atoms with Crippen LogP contribution in [-0.4, -0.2) is 27.0 Å². The predicted octanol–water partition coefficient (Wildman–Crippen LogP) is 5.64. The van der Waals surface area contributed by atoms with Crippen molar-refractivity contribution in [2.45, 2.75) is 30.2 Å². The molecule has 1 amide bonds. The number of anilines is 1. The molecule has 0 aromatic heterocycles. The lowest BCUT2D eigenvalue weighted by molar-refractivity contribution is 0.112. The van der Waals surface area contributed by atoms with Gasteiger partial charge in [0.1, 0.15) is 17.9 Å². The highest BCUT2D eigenvalue weighted by atomic mass is 32.2. The average Bonchev–Trinajstić information content (AvgIpc) is 3.14. The van der Waals surface area contributed by atoms with Crippen molar-refractivity contribution in [3.8, 4) is 5.75 Å². The quantitative estimate of drug-likeness (QED) is 0.455. The zero-order chi connectivity index (χ0) is 22.7. The van der Waals surface area contributed by atoms with E-state index in [4.69, 9.17) is 0 Å². The molecule has 1 saturated heterocycles. The van der Waals surface area contributed by atoms with Crippen molar-refractivity contribution in [2.75, 3.05) is 4.90 Å². The lowest BCUT2D eigenvalue weighted by atomic mass is 9.94. The lowest BCUT2D eigenvalue weighted by Gasteiger charge is -2.28. The molecule has 0 saturated carbocycles. The number of halogens is 1. The SMILES string of the molecule is O=Cc1ccc([C@@H]2[C@@H](CC[C@H](O)c3ccc(F)cc3)SC(=O)N2c2ccccc2)c(O)c1. The van der Waals surface area contributed by atoms with Crippen LogP contribution < -0.4 is 4.90 Å². The number of aliphatic hydroxyl groups excluding tert-OH is 1. The Kier molecular flexibility index (Phi) is 6.58. The Hall–Kier alpha value is -3.16. The van der Waals surface area contributed by atoms with E-state index in [0.29, 0.717) is 41.5 Å². The van der Waals surface area contributed by atoms with Gasteiger partial charge in [0, 0.05) is 22.1 Å². The minimum atomic E-state index is -0.802. The number of aliphatic hydroxyl groups is 1. The largest absolute Gasteiger partial charge is 0.508 e. The van der Waals surface area contributed by atoms with Crippen LogP contribution in [0.1, 0.15) is 46.5 Å². The minimum absolute atomic E-state index is 0.0556. The molecule has 1 heterocycles. The predicted molar refractivity (Wildman–Crippen MR) is 123 cm³/mol. The molecule has 1 aliphatic heterocycles. The number of hydrogen-bond acceptors (Lipinski definition) is 5. The van der Waals surface area contributed by atoms with E-state index in [-0.39, 0.29) is 22.1 Å². The summed E-state index contributed by atoms with van der Waals surface area (Å²) >= 11 is 1.16. The standard InChI is InChI=1S/C25H22FNO4S/c26-18-9-7-17(8-10-18)21(29)12-13-23-24(20-11-6-16(15-28)14-22(20)30)27(25(31)32-23)19-4-2-1-3-5-19/h1-11,14-15,21,23-24,29-30H,12-13H2/t21-,23+,24+/m0/s1. The fraction of sp³-hybridized carbons (Fsp3) is 0.200. The van der Waals surface area contributed by atoms with Crippen molar-refractivity contribution >= 4 is 29.0 Å². The number of phenols is 1. The molecule has 2 N–H and O–H groups in total. The van der Waals surface area contributed by atoms with Gasteiger partial charge in [0.25, 0.3) is 5.24 Å². The molecular formula is C25H22FNO4S. The zero-order valence-electron chi connectivity index (χ0n) is 17.1. The van der Waals surface area contributed by atoms with E-state index >= 15 is 0 Å². The number of nitrogens with zero attached hydrogens (tertiary/aromatic N) is 1. The maximum absolute atomic E-state index is 13.2. The summed E-state index contributed by atoms with van der Waals surface area (Å²) in [6, 6.07) is 19.1. The Balaban J connectivity index is 1.63. The minimum Gasteiger partial charge on any atom is -0.508 e. The Labute approximate surface area is 189 Å². The van der Waals surface area contributed by atoms with Gasteiger partial charge in [-0.3, -0.25) is 14.5 Å². The topological polar surface area (TPSA) is 77.8 Å². The second-order valence-corrected chi connectivity index (χ2v) is 8.84. The van der Waals surface area contributed by atoms with Crippen molar-refractivity contribution in [3.63, 3.8) is 0 Å². The van der Waals surface area contributed by atoms with Crippen LogP contribution in [-0.2, 0) is 0 Å². The third-order valence-corrected chi connectivity index (χ3v) is 6.80. The molecule has 3 aromatic carbocycles. The molecule has 0 aliphatic carbocycles. The first kappa shape index (κ1) is 22.0. The van der Waals surface area contributed by atoms with Gasteiger partial charge in [-0.25, -0.2) is 4.39 Å². The summed E-state index contributed by atoms with van der Waals surface area (Å²) in [6.45, 7) is 0. The molecule has 0 bridgehead atoms. The van der Waals surface area contributed by atoms with Crippen LogP contribution in [0.25, 0.3) is 0 Å². The summed E-state index contributed by atoms with van der Waals surface area (Å²) in [7, 11) is 0. The van der Waals surface area contributed by atoms with Gasteiger partial charge in [-0.15, -0.1) is 0 Å². The second-order valence-electron chi connectivity index (χ2n) is 7.65. The van der Waals surface area contributed by atoms with Crippen LogP contribution in [0.4, 0.5) is 14.9 Å². The first-order valence-corrected chi connectivity index (χ1v) is 11.1. The normalized spacial score (nSPS) is 19.2. The summed E-state index contributed by atoms with van der Waals surface area (Å²) in [5.74, 6) is -0.425. The summed E-state index contributed by atoms with van der Waals surface area (Å²) < 4.78 is 13.2. The van der Waals surface area contributed by atoms with Gasteiger partial charge in [0.2, 0.25) is 0 Å². The van der Waals surface area contributed by atoms with Gasteiger partial charge in [-0.1, -0.05) is 54.2 Å². The molecule has 4 rings (SSSR count). The molecule has 5 nitrogen and oxygen atoms in total. The van der Waals surface area contributed by atoms with Crippen molar-refractivity contribution in [1.82, 2.24) is 0 Å². The van der Waals surface area contributed by atoms with Gasteiger partial charge in [0.05, 0.1) is 12.1 Å². The van der Waals surface area contributed by atoms with E-state index in [2.05, 4.69) is 0 Å². The van der Waals surface area contributed by atoms with E-state index in [0.717, 1.165) is 11.8 Å². The number of rotatable bonds is 7. The van der Waals surface area contributed by atoms with E-state index in [9.17, 15) is 24.2 Å². The zero-order valence-corrected chi connectivity index (χ0v) is 17.9. The second kappa shape index (κ2) is 9.54. The molecule has 0 radical (unpaired) electrons. The summed E-state index contributed by atoms with van der Waals surface area (Å²) in [6.07, 6.45) is 0.702. The average molecular weight is 452 g/mol. The highest BCUT2D eigenvalue weighted by Crippen LogP contribution is 2.48. The first-order chi connectivity index (χ1) is 15.5. The number of thioether (sulfide) groups is 1. The molecular weight excluding hydrogens is 429 g/mol. The summed E-state index contributed by atoms with van der Waals surface area (Å²) in [4.78, 5) is 25.7. The third kappa shape index (κ3) is 4.54. The molecule has 3 atom stereocenters. The Bertz CT molecular complexity index is 1110. The Morgan fingerprint density at radius 1 is 1.06 bits per heavy atom. The fourth-order valence-electron chi connectivity index (χ4n) is 4.00. The molecule has 164 valence electrons. The molecule has 0 spiro atoms. The van der Waals surface area contributed by atoms with Crippen LogP contribution in [0, 0.1) is 5.82 Å². The number of benzene rings is 3. The summed E-state index contributed by atoms with van der Waals surface area (Å²) in [5.41, 5.74) is 2.20. The van der Waals surface area contributed by atoms with Crippen LogP contribution >= 0.6 is 11.8 Å². The Morgan fingerprint density at radius 2 is 1.78 bits per heavy atom. The van der Waals surface area contributed by atoms with Gasteiger partial charge >= 0.3 is 0 Å². The van der Waals surface area contributed by atoms with E-state index < -0.39 is 12.1 Å². The van der Waals surface area contributed by atoms with Crippen molar-refractivity contribution in [3.05, 3.63) is 95.3 Å². The molecule has 3 aromatic rings. The monoisotopic (exact) mass is 451 g/mol. The van der Waals surface area contributed by atoms with Crippen LogP contribution in [0.15, 0.2) is 72.8 Å². The molecule has 7 heteroatoms. The fourth-order valence-corrected chi connectivity index (χ4v) is 5.24. The highest BCUT2D eigenvalue weighted by molar-refractivity contribution is 8.14. The lowest BCUT2D eigenvalue weighted by Crippen LogP contribution is -2.29. The molecule has 1 aliphatic rings. The number of aromatic hydroxyl groups is 1. The number of amides is 1. The van der Waals surface area contributed by atoms with Crippen molar-refractivity contribution in [2.24, 2.45) is 0 Å². The maximum Gasteiger partial charge on any atom is 0.287 e. The van der Waals surface area contributed by atoms with Crippen molar-refractivity contribution in [1.29, 1.82) is 0 Å². The smallest absolute Gasteiger partial charge is 0.287 e. The first-order valence-electron chi connectivity index (χ1n) is 10.2. The Morgan fingerprint density at radius 3 is 2.44 bits per heavy atom. The molecule has 32 heavy (non-hydrogen) atoms. The number of carbonyl (C=O) groups is 2. The van der Waals surface area contributed by atoms with Gasteiger partial charge < -0.3 is 10.2 Å². The number of aldehydes is 1. The summed E-state index contributed by atoms with van der Waals surface area (Å²) in [5, 5.41) is 20.8. The molecule has 0 unspecified atom stereocenters. The number of phenolic OH excluding ortho intramolecular Hbond substituents is 1. The number of carbonyl (C=O) groups excluding carboxylic acids is 2. The number of para-hydroxylation sites is 1. The highest BCUT2D eigenvalue weighted by Gasteiger charge is 2.43. The van der Waals surface area contributed by atoms with Crippen molar-refractivity contribution < 1.29 is 24.2 Å². The maximum atomic E-state index is 13.2. The van der Waals surface area contributed by atoms with Gasteiger partial charge in [0.15, 0.2) is 0 Å². The van der Waals surface area contributed by atoms with Crippen LogP contribution in [0.5, 0.6) is 5.75 Å². The number of hydrogen-bond donors (Lipinski definition) is 2. The van der Waals surface area contributed by atoms with E-state index in [1.807, 2.05) is 30.3 Å². The van der Waals surface area contributed by atoms with Crippen LogP contribution in [0.2, 0.25) is 0 Å². The van der Waals surface area contributed by atoms with Gasteiger partial charge in [-0.05, 0) is 48.7 Å². The van der Waals surface area contributed by atoms with E-state index in [1.165, 1.54) is 18.2 Å².